The molecule has 1 N–H and O–H groups in total. The summed E-state index contributed by atoms with van der Waals surface area (Å²) in [5.41, 5.74) is 1.61. The number of halogens is 4. The zero-order valence-corrected chi connectivity index (χ0v) is 18.6. The van der Waals surface area contributed by atoms with Gasteiger partial charge in [-0.3, -0.25) is 9.84 Å². The lowest BCUT2D eigenvalue weighted by molar-refractivity contribution is -0.344. The van der Waals surface area contributed by atoms with Crippen molar-refractivity contribution in [1.29, 1.82) is 0 Å². The van der Waals surface area contributed by atoms with E-state index in [0.717, 1.165) is 33.4 Å². The van der Waals surface area contributed by atoms with Crippen molar-refractivity contribution in [2.45, 2.75) is 63.2 Å². The van der Waals surface area contributed by atoms with Crippen LogP contribution in [0.2, 0.25) is 0 Å². The number of pyridine rings is 1. The zero-order valence-electron chi connectivity index (χ0n) is 16.5. The summed E-state index contributed by atoms with van der Waals surface area (Å²) in [7, 11) is 0. The Labute approximate surface area is 185 Å². The molecule has 5 rings (SSSR count). The molecule has 0 spiro atoms. The number of alkyl halides is 3. The summed E-state index contributed by atoms with van der Waals surface area (Å²) in [5, 5.41) is 8.31. The number of rotatable bonds is 3. The fourth-order valence-corrected chi connectivity index (χ4v) is 5.74. The smallest absolute Gasteiger partial charge is 0.377 e. The molecule has 2 aromatic heterocycles. The number of aromatic amines is 1. The molecule has 2 aromatic rings. The molecular formula is C19H23F3IN5O2. The number of aromatic nitrogens is 3. The number of ether oxygens (including phenoxy) is 2. The Bertz CT molecular complexity index is 923. The van der Waals surface area contributed by atoms with E-state index < -0.39 is 12.5 Å². The van der Waals surface area contributed by atoms with Gasteiger partial charge in [0.25, 0.3) is 0 Å². The van der Waals surface area contributed by atoms with E-state index in [1.165, 1.54) is 0 Å². The van der Waals surface area contributed by atoms with Crippen LogP contribution in [0.5, 0.6) is 0 Å². The van der Waals surface area contributed by atoms with Crippen LogP contribution in [0, 0.1) is 3.70 Å². The van der Waals surface area contributed by atoms with Crippen LogP contribution in [-0.2, 0) is 9.47 Å². The van der Waals surface area contributed by atoms with Gasteiger partial charge in [0, 0.05) is 18.7 Å². The van der Waals surface area contributed by atoms with E-state index in [9.17, 15) is 13.2 Å². The number of morpholine rings is 1. The first-order valence-electron chi connectivity index (χ1n) is 10.2. The lowest BCUT2D eigenvalue weighted by Gasteiger charge is -2.40. The van der Waals surface area contributed by atoms with Crippen molar-refractivity contribution in [3.05, 3.63) is 9.77 Å². The minimum absolute atomic E-state index is 0.100. The minimum Gasteiger partial charge on any atom is -0.377 e. The molecule has 3 fully saturated rings. The minimum atomic E-state index is -4.60. The molecule has 2 bridgehead atoms. The second-order valence-corrected chi connectivity index (χ2v) is 9.40. The van der Waals surface area contributed by atoms with Crippen LogP contribution in [-0.4, -0.2) is 65.5 Å². The SMILES string of the molecule is C[C@@H]1CC(OC(F)(F)F)CCN1c1cc(N2C3CCC2COC3)nc2n[nH]c(I)c12. The van der Waals surface area contributed by atoms with E-state index in [0.29, 0.717) is 50.3 Å². The molecule has 11 heteroatoms. The molecule has 3 saturated heterocycles. The van der Waals surface area contributed by atoms with Gasteiger partial charge in [0.15, 0.2) is 5.65 Å². The van der Waals surface area contributed by atoms with Crippen LogP contribution in [0.1, 0.15) is 32.6 Å². The molecule has 3 aliphatic rings. The second kappa shape index (κ2) is 7.66. The van der Waals surface area contributed by atoms with Crippen LogP contribution >= 0.6 is 22.6 Å². The molecule has 0 saturated carbocycles. The quantitative estimate of drug-likeness (QED) is 0.601. The van der Waals surface area contributed by atoms with E-state index in [4.69, 9.17) is 9.72 Å². The maximum absolute atomic E-state index is 12.7. The van der Waals surface area contributed by atoms with Crippen LogP contribution in [0.3, 0.4) is 0 Å². The molecule has 164 valence electrons. The number of nitrogens with one attached hydrogen (secondary N) is 1. The highest BCUT2D eigenvalue weighted by Gasteiger charge is 2.40. The number of hydrogen-bond donors (Lipinski definition) is 1. The first-order valence-corrected chi connectivity index (χ1v) is 11.3. The number of hydrogen-bond acceptors (Lipinski definition) is 6. The average molecular weight is 537 g/mol. The van der Waals surface area contributed by atoms with Crippen molar-refractivity contribution in [3.63, 3.8) is 0 Å². The maximum atomic E-state index is 12.7. The Hall–Kier alpha value is -1.34. The Balaban J connectivity index is 1.49. The Kier molecular flexibility index (Phi) is 5.25. The fraction of sp³-hybridized carbons (Fsp3) is 0.684. The number of piperidine rings is 1. The second-order valence-electron chi connectivity index (χ2n) is 8.32. The molecule has 0 radical (unpaired) electrons. The summed E-state index contributed by atoms with van der Waals surface area (Å²) in [6.45, 7) is 3.82. The molecule has 30 heavy (non-hydrogen) atoms. The number of H-pyrrole nitrogens is 1. The maximum Gasteiger partial charge on any atom is 0.522 e. The molecule has 0 aromatic carbocycles. The van der Waals surface area contributed by atoms with Gasteiger partial charge in [-0.2, -0.15) is 5.10 Å². The fourth-order valence-electron chi connectivity index (χ4n) is 5.10. The van der Waals surface area contributed by atoms with E-state index in [-0.39, 0.29) is 6.04 Å². The summed E-state index contributed by atoms with van der Waals surface area (Å²) in [6, 6.07) is 2.60. The highest BCUT2D eigenvalue weighted by atomic mass is 127. The van der Waals surface area contributed by atoms with Gasteiger partial charge in [0.2, 0.25) is 0 Å². The monoisotopic (exact) mass is 537 g/mol. The average Bonchev–Trinajstić information content (AvgIpc) is 3.16. The van der Waals surface area contributed by atoms with Crippen LogP contribution in [0.15, 0.2) is 6.07 Å². The van der Waals surface area contributed by atoms with E-state index in [1.807, 2.05) is 6.92 Å². The molecule has 3 unspecified atom stereocenters. The number of fused-ring (bicyclic) bond motifs is 3. The Morgan fingerprint density at radius 2 is 1.97 bits per heavy atom. The normalized spacial score (nSPS) is 29.8. The summed E-state index contributed by atoms with van der Waals surface area (Å²) in [6.07, 6.45) is -2.62. The van der Waals surface area contributed by atoms with Gasteiger partial charge in [-0.25, -0.2) is 4.98 Å². The van der Waals surface area contributed by atoms with E-state index >= 15 is 0 Å². The van der Waals surface area contributed by atoms with Crippen molar-refractivity contribution in [2.75, 3.05) is 29.6 Å². The van der Waals surface area contributed by atoms with Gasteiger partial charge in [0.05, 0.1) is 42.5 Å². The predicted octanol–water partition coefficient (Wildman–Crippen LogP) is 3.82. The van der Waals surface area contributed by atoms with Crippen molar-refractivity contribution >= 4 is 45.1 Å². The van der Waals surface area contributed by atoms with Crippen LogP contribution in [0.25, 0.3) is 11.0 Å². The topological polar surface area (TPSA) is 66.5 Å². The number of anilines is 2. The molecule has 3 aliphatic heterocycles. The third-order valence-corrected chi connectivity index (χ3v) is 7.17. The number of nitrogens with zero attached hydrogens (tertiary/aromatic N) is 4. The summed E-state index contributed by atoms with van der Waals surface area (Å²) < 4.78 is 48.9. The third-order valence-electron chi connectivity index (χ3n) is 6.39. The summed E-state index contributed by atoms with van der Waals surface area (Å²) >= 11 is 2.20. The molecule has 0 aliphatic carbocycles. The van der Waals surface area contributed by atoms with Crippen molar-refractivity contribution in [3.8, 4) is 0 Å². The highest BCUT2D eigenvalue weighted by molar-refractivity contribution is 14.1. The Morgan fingerprint density at radius 3 is 2.63 bits per heavy atom. The van der Waals surface area contributed by atoms with Crippen molar-refractivity contribution < 1.29 is 22.6 Å². The largest absolute Gasteiger partial charge is 0.522 e. The van der Waals surface area contributed by atoms with Gasteiger partial charge in [-0.15, -0.1) is 13.2 Å². The first-order chi connectivity index (χ1) is 14.3. The molecule has 4 atom stereocenters. The molecule has 5 heterocycles. The first kappa shape index (κ1) is 20.6. The summed E-state index contributed by atoms with van der Waals surface area (Å²) in [4.78, 5) is 9.34. The lowest BCUT2D eigenvalue weighted by atomic mass is 9.99. The van der Waals surface area contributed by atoms with E-state index in [1.54, 1.807) is 0 Å². The van der Waals surface area contributed by atoms with Gasteiger partial charge in [-0.1, -0.05) is 0 Å². The van der Waals surface area contributed by atoms with E-state index in [2.05, 4.69) is 53.4 Å². The Morgan fingerprint density at radius 1 is 1.23 bits per heavy atom. The van der Waals surface area contributed by atoms with Gasteiger partial charge in [-0.05, 0) is 55.2 Å². The predicted molar refractivity (Wildman–Crippen MR) is 114 cm³/mol. The molecule has 7 nitrogen and oxygen atoms in total. The standard InChI is InChI=1S/C19H23F3IN5O2/c1-10-6-13(30-19(20,21)22)4-5-27(10)14-7-15(24-18-16(14)17(23)25-26-18)28-11-2-3-12(28)9-29-8-11/h7,10-13H,2-6,8-9H2,1H3,(H,24,25,26)/t10-,11?,12?,13?/m1/s1. The zero-order chi connectivity index (χ0) is 21.0. The van der Waals surface area contributed by atoms with Gasteiger partial charge in [0.1, 0.15) is 9.52 Å². The highest BCUT2D eigenvalue weighted by Crippen LogP contribution is 2.40. The lowest BCUT2D eigenvalue weighted by Crippen LogP contribution is -2.47. The van der Waals surface area contributed by atoms with Gasteiger partial charge >= 0.3 is 6.36 Å². The third kappa shape index (κ3) is 3.72. The van der Waals surface area contributed by atoms with Gasteiger partial charge < -0.3 is 14.5 Å². The molecular weight excluding hydrogens is 514 g/mol. The van der Waals surface area contributed by atoms with Crippen LogP contribution in [0.4, 0.5) is 24.7 Å². The van der Waals surface area contributed by atoms with Crippen molar-refractivity contribution in [2.24, 2.45) is 0 Å². The molecule has 0 amide bonds. The van der Waals surface area contributed by atoms with Crippen molar-refractivity contribution in [1.82, 2.24) is 15.2 Å². The summed E-state index contributed by atoms with van der Waals surface area (Å²) in [5.74, 6) is 0.872. The van der Waals surface area contributed by atoms with Crippen LogP contribution < -0.4 is 9.80 Å².